The van der Waals surface area contributed by atoms with Gasteiger partial charge in [-0.1, -0.05) is 23.2 Å². The smallest absolute Gasteiger partial charge is 0.255 e. The van der Waals surface area contributed by atoms with Gasteiger partial charge in [-0.2, -0.15) is 0 Å². The third kappa shape index (κ3) is 4.27. The standard InChI is InChI=1S/C18H23Cl2N3O2/c1-21-8-10-23(11-9-21)17(24)13-4-6-22(7-5-13)18(25)15-3-2-14(19)12-16(15)20/h2-3,12-13H,4-11H2,1H3. The van der Waals surface area contributed by atoms with E-state index < -0.39 is 0 Å². The molecule has 0 radical (unpaired) electrons. The van der Waals surface area contributed by atoms with E-state index in [1.54, 1.807) is 23.1 Å². The molecule has 25 heavy (non-hydrogen) atoms. The van der Waals surface area contributed by atoms with Gasteiger partial charge in [0.25, 0.3) is 5.91 Å². The summed E-state index contributed by atoms with van der Waals surface area (Å²) in [5.41, 5.74) is 0.468. The highest BCUT2D eigenvalue weighted by molar-refractivity contribution is 6.36. The first-order valence-corrected chi connectivity index (χ1v) is 9.43. The topological polar surface area (TPSA) is 43.9 Å². The molecule has 2 aliphatic rings. The number of rotatable bonds is 2. The predicted molar refractivity (Wildman–Crippen MR) is 99.2 cm³/mol. The van der Waals surface area contributed by atoms with E-state index in [0.717, 1.165) is 26.2 Å². The van der Waals surface area contributed by atoms with Gasteiger partial charge in [0.15, 0.2) is 0 Å². The highest BCUT2D eigenvalue weighted by Crippen LogP contribution is 2.26. The molecule has 136 valence electrons. The molecular formula is C18H23Cl2N3O2. The van der Waals surface area contributed by atoms with Gasteiger partial charge in [-0.25, -0.2) is 0 Å². The molecule has 1 aromatic rings. The van der Waals surface area contributed by atoms with Crippen molar-refractivity contribution in [1.29, 1.82) is 0 Å². The van der Waals surface area contributed by atoms with Gasteiger partial charge in [-0.15, -0.1) is 0 Å². The molecule has 2 amide bonds. The summed E-state index contributed by atoms with van der Waals surface area (Å²) in [5, 5.41) is 0.881. The molecule has 2 heterocycles. The first-order valence-electron chi connectivity index (χ1n) is 8.67. The van der Waals surface area contributed by atoms with E-state index in [9.17, 15) is 9.59 Å². The molecular weight excluding hydrogens is 361 g/mol. The van der Waals surface area contributed by atoms with Gasteiger partial charge < -0.3 is 14.7 Å². The fourth-order valence-electron chi connectivity index (χ4n) is 3.45. The van der Waals surface area contributed by atoms with Crippen LogP contribution in [0.3, 0.4) is 0 Å². The first-order chi connectivity index (χ1) is 12.0. The number of likely N-dealkylation sites (N-methyl/N-ethyl adjacent to an activating group) is 1. The Morgan fingerprint density at radius 2 is 1.60 bits per heavy atom. The molecule has 1 aromatic carbocycles. The fraction of sp³-hybridized carbons (Fsp3) is 0.556. The lowest BCUT2D eigenvalue weighted by molar-refractivity contribution is -0.138. The van der Waals surface area contributed by atoms with Crippen LogP contribution in [-0.4, -0.2) is 72.8 Å². The molecule has 2 saturated heterocycles. The molecule has 0 aliphatic carbocycles. The minimum Gasteiger partial charge on any atom is -0.340 e. The van der Waals surface area contributed by atoms with E-state index in [4.69, 9.17) is 23.2 Å². The molecule has 0 bridgehead atoms. The Balaban J connectivity index is 1.56. The van der Waals surface area contributed by atoms with Crippen LogP contribution in [0.2, 0.25) is 10.0 Å². The largest absolute Gasteiger partial charge is 0.340 e. The van der Waals surface area contributed by atoms with Crippen LogP contribution < -0.4 is 0 Å². The van der Waals surface area contributed by atoms with Crippen LogP contribution >= 0.6 is 23.2 Å². The Bertz CT molecular complexity index is 652. The second kappa shape index (κ2) is 7.94. The van der Waals surface area contributed by atoms with Crippen LogP contribution in [-0.2, 0) is 4.79 Å². The monoisotopic (exact) mass is 383 g/mol. The average Bonchev–Trinajstić information content (AvgIpc) is 2.61. The number of hydrogen-bond acceptors (Lipinski definition) is 3. The summed E-state index contributed by atoms with van der Waals surface area (Å²) in [6, 6.07) is 4.92. The molecule has 7 heteroatoms. The van der Waals surface area contributed by atoms with Crippen LogP contribution in [0.4, 0.5) is 0 Å². The van der Waals surface area contributed by atoms with Gasteiger partial charge in [0.2, 0.25) is 5.91 Å². The van der Waals surface area contributed by atoms with Crippen molar-refractivity contribution in [2.75, 3.05) is 46.3 Å². The normalized spacial score (nSPS) is 20.0. The molecule has 2 aliphatic heterocycles. The van der Waals surface area contributed by atoms with Crippen molar-refractivity contribution in [3.63, 3.8) is 0 Å². The Morgan fingerprint density at radius 3 is 2.20 bits per heavy atom. The van der Waals surface area contributed by atoms with E-state index in [0.29, 0.717) is 41.5 Å². The van der Waals surface area contributed by atoms with Gasteiger partial charge in [-0.3, -0.25) is 9.59 Å². The number of halogens is 2. The van der Waals surface area contributed by atoms with Crippen LogP contribution in [0, 0.1) is 5.92 Å². The number of carbonyl (C=O) groups is 2. The zero-order valence-electron chi connectivity index (χ0n) is 14.4. The zero-order valence-corrected chi connectivity index (χ0v) is 15.9. The molecule has 0 atom stereocenters. The van der Waals surface area contributed by atoms with Crippen molar-refractivity contribution >= 4 is 35.0 Å². The van der Waals surface area contributed by atoms with Crippen molar-refractivity contribution < 1.29 is 9.59 Å². The Kier molecular flexibility index (Phi) is 5.87. The third-order valence-corrected chi connectivity index (χ3v) is 5.66. The second-order valence-electron chi connectivity index (χ2n) is 6.82. The van der Waals surface area contributed by atoms with Crippen LogP contribution in [0.25, 0.3) is 0 Å². The zero-order chi connectivity index (χ0) is 18.0. The predicted octanol–water partition coefficient (Wildman–Crippen LogP) is 2.62. The Hall–Kier alpha value is -1.30. The SMILES string of the molecule is CN1CCN(C(=O)C2CCN(C(=O)c3ccc(Cl)cc3Cl)CC2)CC1. The molecule has 0 aromatic heterocycles. The van der Waals surface area contributed by atoms with Crippen molar-refractivity contribution in [2.24, 2.45) is 5.92 Å². The molecule has 0 saturated carbocycles. The number of benzene rings is 1. The summed E-state index contributed by atoms with van der Waals surface area (Å²) in [7, 11) is 2.08. The van der Waals surface area contributed by atoms with Gasteiger partial charge in [0.05, 0.1) is 10.6 Å². The lowest BCUT2D eigenvalue weighted by atomic mass is 9.94. The second-order valence-corrected chi connectivity index (χ2v) is 7.66. The summed E-state index contributed by atoms with van der Waals surface area (Å²) >= 11 is 12.0. The number of piperazine rings is 1. The highest BCUT2D eigenvalue weighted by atomic mass is 35.5. The quantitative estimate of drug-likeness (QED) is 0.788. The van der Waals surface area contributed by atoms with Gasteiger partial charge in [0.1, 0.15) is 0 Å². The minimum atomic E-state index is -0.0906. The lowest BCUT2D eigenvalue weighted by Gasteiger charge is -2.37. The number of carbonyl (C=O) groups excluding carboxylic acids is 2. The van der Waals surface area contributed by atoms with Crippen LogP contribution in [0.15, 0.2) is 18.2 Å². The molecule has 5 nitrogen and oxygen atoms in total. The van der Waals surface area contributed by atoms with E-state index >= 15 is 0 Å². The summed E-state index contributed by atoms with van der Waals surface area (Å²) < 4.78 is 0. The summed E-state index contributed by atoms with van der Waals surface area (Å²) in [4.78, 5) is 31.3. The number of amides is 2. The lowest BCUT2D eigenvalue weighted by Crippen LogP contribution is -2.51. The first kappa shape index (κ1) is 18.5. The maximum Gasteiger partial charge on any atom is 0.255 e. The minimum absolute atomic E-state index is 0.0214. The molecule has 2 fully saturated rings. The summed E-state index contributed by atoms with van der Waals surface area (Å²) in [6.45, 7) is 4.63. The maximum absolute atomic E-state index is 12.7. The van der Waals surface area contributed by atoms with Gasteiger partial charge >= 0.3 is 0 Å². The van der Waals surface area contributed by atoms with E-state index in [2.05, 4.69) is 11.9 Å². The number of likely N-dealkylation sites (tertiary alicyclic amines) is 1. The van der Waals surface area contributed by atoms with E-state index in [-0.39, 0.29) is 17.7 Å². The van der Waals surface area contributed by atoms with E-state index in [1.165, 1.54) is 0 Å². The summed E-state index contributed by atoms with van der Waals surface area (Å²) in [6.07, 6.45) is 1.42. The fourth-order valence-corrected chi connectivity index (χ4v) is 3.94. The molecule has 3 rings (SSSR count). The van der Waals surface area contributed by atoms with Crippen LogP contribution in [0.1, 0.15) is 23.2 Å². The van der Waals surface area contributed by atoms with Gasteiger partial charge in [-0.05, 0) is 38.1 Å². The number of piperidine rings is 1. The van der Waals surface area contributed by atoms with Crippen LogP contribution in [0.5, 0.6) is 0 Å². The maximum atomic E-state index is 12.7. The van der Waals surface area contributed by atoms with Gasteiger partial charge in [0, 0.05) is 50.2 Å². The highest BCUT2D eigenvalue weighted by Gasteiger charge is 2.31. The Morgan fingerprint density at radius 1 is 0.960 bits per heavy atom. The van der Waals surface area contributed by atoms with E-state index in [1.807, 2.05) is 4.90 Å². The van der Waals surface area contributed by atoms with Crippen molar-refractivity contribution in [1.82, 2.24) is 14.7 Å². The molecule has 0 N–H and O–H groups in total. The summed E-state index contributed by atoms with van der Waals surface area (Å²) in [5.74, 6) is 0.171. The number of nitrogens with zero attached hydrogens (tertiary/aromatic N) is 3. The van der Waals surface area contributed by atoms with Crippen molar-refractivity contribution in [3.05, 3.63) is 33.8 Å². The third-order valence-electron chi connectivity index (χ3n) is 5.11. The Labute approximate surface area is 158 Å². The molecule has 0 unspecified atom stereocenters. The van der Waals surface area contributed by atoms with Crippen molar-refractivity contribution in [2.45, 2.75) is 12.8 Å². The molecule has 0 spiro atoms. The number of hydrogen-bond donors (Lipinski definition) is 0. The van der Waals surface area contributed by atoms with Crippen molar-refractivity contribution in [3.8, 4) is 0 Å². The average molecular weight is 384 g/mol.